The predicted molar refractivity (Wildman–Crippen MR) is 171 cm³/mol. The molecule has 15 nitrogen and oxygen atoms in total. The second kappa shape index (κ2) is 14.1. The minimum Gasteiger partial charge on any atom is -0.478 e. The maximum atomic E-state index is 13.4. The molecule has 5 heterocycles. The molecule has 3 atom stereocenters. The highest BCUT2D eigenvalue weighted by Gasteiger charge is 2.55. The predicted octanol–water partition coefficient (Wildman–Crippen LogP) is 1.25. The van der Waals surface area contributed by atoms with E-state index in [1.807, 2.05) is 42.2 Å². The quantitative estimate of drug-likeness (QED) is 0.0535. The van der Waals surface area contributed by atoms with E-state index < -0.39 is 47.0 Å². The minimum absolute atomic E-state index is 0.00791. The van der Waals surface area contributed by atoms with E-state index in [0.29, 0.717) is 11.3 Å². The monoisotopic (exact) mass is 691 g/mol. The topological polar surface area (TPSA) is 205 Å². The van der Waals surface area contributed by atoms with Crippen molar-refractivity contribution in [2.45, 2.75) is 50.4 Å². The Morgan fingerprint density at radius 3 is 2.76 bits per heavy atom. The highest BCUT2D eigenvalue weighted by atomic mass is 35.5. The number of thioether (sulfide) groups is 1. The zero-order chi connectivity index (χ0) is 33.1. The van der Waals surface area contributed by atoms with Gasteiger partial charge in [0.1, 0.15) is 32.7 Å². The molecule has 0 saturated carbocycles. The number of thiazole rings is 1. The molecule has 2 aliphatic heterocycles. The zero-order valence-electron chi connectivity index (χ0n) is 24.8. The summed E-state index contributed by atoms with van der Waals surface area (Å²) in [5, 5.41) is 28.3. The van der Waals surface area contributed by atoms with Crippen LogP contribution in [0.25, 0.3) is 11.0 Å². The number of carbonyl (C=O) groups is 4. The summed E-state index contributed by atoms with van der Waals surface area (Å²) in [4.78, 5) is 61.0. The molecule has 18 heteroatoms. The van der Waals surface area contributed by atoms with Crippen LogP contribution in [-0.2, 0) is 37.1 Å². The number of carboxylic acids is 2. The number of nitrogens with one attached hydrogen (secondary N) is 2. The molecule has 0 radical (unpaired) electrons. The van der Waals surface area contributed by atoms with Gasteiger partial charge in [-0.25, -0.2) is 14.6 Å². The minimum atomic E-state index is -1.35. The number of hydrogen-bond donors (Lipinski definition) is 5. The van der Waals surface area contributed by atoms with Crippen molar-refractivity contribution in [3.8, 4) is 0 Å². The van der Waals surface area contributed by atoms with Crippen molar-refractivity contribution in [3.05, 3.63) is 51.9 Å². The molecule has 1 fully saturated rings. The third-order valence-corrected chi connectivity index (χ3v) is 9.92. The summed E-state index contributed by atoms with van der Waals surface area (Å²) in [6.07, 6.45) is 3.52. The fraction of sp³-hybridized carbons (Fsp3) is 0.393. The second-order valence-corrected chi connectivity index (χ2v) is 13.2. The third kappa shape index (κ3) is 6.53. The summed E-state index contributed by atoms with van der Waals surface area (Å²) in [6, 6.07) is 4.80. The van der Waals surface area contributed by atoms with Crippen LogP contribution in [0.3, 0.4) is 0 Å². The first-order valence-corrected chi connectivity index (χ1v) is 16.5. The van der Waals surface area contributed by atoms with Crippen LogP contribution in [0.4, 0.5) is 5.13 Å². The third-order valence-electron chi connectivity index (χ3n) is 7.50. The molecule has 1 saturated heterocycles. The number of halogens is 1. The number of oxime groups is 1. The van der Waals surface area contributed by atoms with Gasteiger partial charge in [0.2, 0.25) is 11.6 Å². The molecule has 3 aromatic rings. The zero-order valence-corrected chi connectivity index (χ0v) is 27.2. The van der Waals surface area contributed by atoms with E-state index in [1.54, 1.807) is 6.92 Å². The average molecular weight is 692 g/mol. The first-order chi connectivity index (χ1) is 22.0. The molecule has 0 aliphatic carbocycles. The van der Waals surface area contributed by atoms with E-state index in [2.05, 4.69) is 25.3 Å². The average Bonchev–Trinajstić information content (AvgIpc) is 3.59. The number of nitrogen functional groups attached to an aromatic ring is 1. The van der Waals surface area contributed by atoms with E-state index in [9.17, 15) is 29.4 Å². The standard InChI is InChI=1S/C28H31ClN8O7S2/c1-3-17(26(40)41)44-34-19(18-22(29)46-28(30)33-18)23(38)32-20-24(39)37-21(27(42)43)14(13-45-25(20)37)12-36-9-4-6-15-16(36)7-11-35(15)10-5-8-31-2/h4,6-7,9,11,17,20,25,31H,3,5,8,10,12-13H2,1-2H3,(H4-,30,32,33,38,40,41,42,43)/p+1/t17-,20?,25?/m1/s1. The number of nitrogens with zero attached hydrogens (tertiary/aromatic N) is 5. The summed E-state index contributed by atoms with van der Waals surface area (Å²) in [6.45, 7) is 3.52. The number of rotatable bonds is 14. The van der Waals surface area contributed by atoms with Gasteiger partial charge in [-0.15, -0.1) is 11.8 Å². The molecule has 2 aliphatic rings. The van der Waals surface area contributed by atoms with Crippen LogP contribution in [0, 0.1) is 0 Å². The van der Waals surface area contributed by atoms with E-state index in [1.165, 1.54) is 16.7 Å². The fourth-order valence-corrected chi connectivity index (χ4v) is 7.52. The van der Waals surface area contributed by atoms with Gasteiger partial charge in [0.05, 0.1) is 0 Å². The molecular weight excluding hydrogens is 660 g/mol. The van der Waals surface area contributed by atoms with Gasteiger partial charge >= 0.3 is 11.9 Å². The highest BCUT2D eigenvalue weighted by Crippen LogP contribution is 2.40. The number of anilines is 1. The van der Waals surface area contributed by atoms with Crippen LogP contribution in [0.15, 0.2) is 47.0 Å². The molecule has 0 bridgehead atoms. The van der Waals surface area contributed by atoms with Crippen LogP contribution in [0.5, 0.6) is 0 Å². The van der Waals surface area contributed by atoms with Crippen molar-refractivity contribution >= 4 is 80.3 Å². The van der Waals surface area contributed by atoms with Crippen molar-refractivity contribution in [3.63, 3.8) is 0 Å². The number of aromatic nitrogens is 3. The lowest BCUT2D eigenvalue weighted by molar-refractivity contribution is -0.663. The number of pyridine rings is 1. The number of aliphatic carboxylic acids is 2. The summed E-state index contributed by atoms with van der Waals surface area (Å²) >= 11 is 8.40. The Bertz CT molecular complexity index is 1760. The van der Waals surface area contributed by atoms with E-state index in [4.69, 9.17) is 22.2 Å². The maximum Gasteiger partial charge on any atom is 0.352 e. The van der Waals surface area contributed by atoms with Crippen LogP contribution < -0.4 is 20.9 Å². The highest BCUT2D eigenvalue weighted by molar-refractivity contribution is 8.00. The Labute approximate surface area is 276 Å². The Morgan fingerprint density at radius 1 is 1.33 bits per heavy atom. The van der Waals surface area contributed by atoms with Gasteiger partial charge < -0.3 is 36.0 Å². The van der Waals surface area contributed by atoms with Crippen molar-refractivity contribution in [1.29, 1.82) is 0 Å². The molecule has 2 amide bonds. The Balaban J connectivity index is 1.37. The van der Waals surface area contributed by atoms with E-state index in [0.717, 1.165) is 41.9 Å². The van der Waals surface area contributed by atoms with E-state index in [-0.39, 0.29) is 33.8 Å². The number of carbonyl (C=O) groups excluding carboxylic acids is 2. The largest absolute Gasteiger partial charge is 0.478 e. The lowest BCUT2D eigenvalue weighted by Crippen LogP contribution is -2.71. The summed E-state index contributed by atoms with van der Waals surface area (Å²) in [5.74, 6) is -3.79. The molecule has 5 rings (SSSR count). The van der Waals surface area contributed by atoms with Gasteiger partial charge in [-0.3, -0.25) is 14.5 Å². The van der Waals surface area contributed by atoms with E-state index >= 15 is 0 Å². The molecular formula is C28H32ClN8O7S2+. The van der Waals surface area contributed by atoms with Crippen LogP contribution in [0.2, 0.25) is 4.34 Å². The number of β-lactam (4-membered cyclic amide) rings is 1. The van der Waals surface area contributed by atoms with Gasteiger partial charge in [0, 0.05) is 36.2 Å². The molecule has 46 heavy (non-hydrogen) atoms. The molecule has 244 valence electrons. The summed E-state index contributed by atoms with van der Waals surface area (Å²) in [7, 11) is 1.91. The Kier molecular flexibility index (Phi) is 10.1. The normalized spacial score (nSPS) is 18.7. The van der Waals surface area contributed by atoms with Gasteiger partial charge in [0.25, 0.3) is 11.8 Å². The Morgan fingerprint density at radius 2 is 2.11 bits per heavy atom. The van der Waals surface area contributed by atoms with Crippen LogP contribution >= 0.6 is 34.7 Å². The lowest BCUT2D eigenvalue weighted by Gasteiger charge is -2.49. The first-order valence-electron chi connectivity index (χ1n) is 14.3. The van der Waals surface area contributed by atoms with Crippen molar-refractivity contribution in [1.82, 2.24) is 25.1 Å². The number of nitrogens with two attached hydrogens (primary N) is 1. The number of hydrogen-bond acceptors (Lipinski definition) is 11. The fourth-order valence-electron chi connectivity index (χ4n) is 5.26. The van der Waals surface area contributed by atoms with Gasteiger partial charge in [0.15, 0.2) is 23.6 Å². The van der Waals surface area contributed by atoms with Crippen molar-refractivity contribution in [2.75, 3.05) is 25.1 Å². The van der Waals surface area contributed by atoms with Crippen LogP contribution in [-0.4, -0.2) is 91.0 Å². The van der Waals surface area contributed by atoms with Gasteiger partial charge in [-0.2, -0.15) is 4.57 Å². The second-order valence-electron chi connectivity index (χ2n) is 10.4. The SMILES string of the molecule is CC[C@@H](ON=C(C(=O)NC1C(=O)N2C(C(=O)O)=C(C[n+]3cccc4c3ccn4CCCNC)CSC12)c1nc(N)sc1Cl)C(=O)O. The van der Waals surface area contributed by atoms with Crippen molar-refractivity contribution < 1.29 is 38.8 Å². The van der Waals surface area contributed by atoms with Gasteiger partial charge in [-0.1, -0.05) is 35.0 Å². The number of aryl methyl sites for hydroxylation is 1. The number of fused-ring (bicyclic) bond motifs is 2. The summed E-state index contributed by atoms with van der Waals surface area (Å²) < 4.78 is 4.11. The molecule has 6 N–H and O–H groups in total. The smallest absolute Gasteiger partial charge is 0.352 e. The molecule has 2 unspecified atom stereocenters. The van der Waals surface area contributed by atoms with Gasteiger partial charge in [-0.05, 0) is 32.5 Å². The molecule has 3 aromatic heterocycles. The van der Waals surface area contributed by atoms with Crippen LogP contribution in [0.1, 0.15) is 25.5 Å². The lowest BCUT2D eigenvalue weighted by atomic mass is 10.0. The Hall–Kier alpha value is -4.19. The van der Waals surface area contributed by atoms with Crippen molar-refractivity contribution in [2.24, 2.45) is 5.16 Å². The number of amides is 2. The number of carboxylic acid groups (broad SMARTS) is 2. The summed E-state index contributed by atoms with van der Waals surface area (Å²) in [5.41, 5.74) is 7.49. The first kappa shape index (κ1) is 33.2. The maximum absolute atomic E-state index is 13.4. The molecule has 0 spiro atoms. The molecule has 0 aromatic carbocycles.